The van der Waals surface area contributed by atoms with Crippen LogP contribution in [0.5, 0.6) is 5.75 Å². The molecule has 21 heavy (non-hydrogen) atoms. The van der Waals surface area contributed by atoms with Crippen LogP contribution in [0, 0.1) is 12.8 Å². The van der Waals surface area contributed by atoms with E-state index in [4.69, 9.17) is 4.74 Å². The van der Waals surface area contributed by atoms with E-state index in [1.165, 1.54) is 0 Å². The zero-order chi connectivity index (χ0) is 15.2. The summed E-state index contributed by atoms with van der Waals surface area (Å²) in [4.78, 5) is 14.6. The fraction of sp³-hybridized carbons (Fsp3) is 0.588. The summed E-state index contributed by atoms with van der Waals surface area (Å²) >= 11 is 0. The van der Waals surface area contributed by atoms with Crippen molar-refractivity contribution in [2.24, 2.45) is 5.92 Å². The number of aryl methyl sites for hydroxylation is 1. The highest BCUT2D eigenvalue weighted by Crippen LogP contribution is 2.21. The Hall–Kier alpha value is -1.55. The number of rotatable bonds is 5. The van der Waals surface area contributed by atoms with E-state index in [-0.39, 0.29) is 5.91 Å². The highest BCUT2D eigenvalue weighted by molar-refractivity contribution is 5.94. The molecule has 1 aromatic carbocycles. The van der Waals surface area contributed by atoms with Gasteiger partial charge in [0.15, 0.2) is 0 Å². The smallest absolute Gasteiger partial charge is 0.253 e. The second-order valence-corrected chi connectivity index (χ2v) is 5.72. The van der Waals surface area contributed by atoms with Crippen molar-refractivity contribution in [1.82, 2.24) is 10.2 Å². The average molecular weight is 290 g/mol. The number of carbonyl (C=O) groups excluding carboxylic acids is 1. The van der Waals surface area contributed by atoms with E-state index < -0.39 is 0 Å². The lowest BCUT2D eigenvalue weighted by atomic mass is 9.97. The van der Waals surface area contributed by atoms with Crippen LogP contribution in [0.25, 0.3) is 0 Å². The Kier molecular flexibility index (Phi) is 5.62. The van der Waals surface area contributed by atoms with E-state index in [1.54, 1.807) is 7.11 Å². The SMILES string of the molecule is CCN(CC1CCNCC1)C(=O)c1ccc(C)c(OC)c1. The Bertz CT molecular complexity index is 482. The number of hydrogen-bond acceptors (Lipinski definition) is 3. The number of piperidine rings is 1. The molecule has 4 heteroatoms. The molecule has 0 aliphatic carbocycles. The first kappa shape index (κ1) is 15.8. The van der Waals surface area contributed by atoms with Crippen LogP contribution < -0.4 is 10.1 Å². The van der Waals surface area contributed by atoms with E-state index in [1.807, 2.05) is 36.9 Å². The van der Waals surface area contributed by atoms with Gasteiger partial charge < -0.3 is 15.0 Å². The maximum Gasteiger partial charge on any atom is 0.253 e. The molecule has 0 radical (unpaired) electrons. The third-order valence-electron chi connectivity index (χ3n) is 4.26. The summed E-state index contributed by atoms with van der Waals surface area (Å²) in [5.74, 6) is 1.50. The zero-order valence-corrected chi connectivity index (χ0v) is 13.3. The topological polar surface area (TPSA) is 41.6 Å². The molecule has 0 saturated carbocycles. The van der Waals surface area contributed by atoms with E-state index in [9.17, 15) is 4.79 Å². The van der Waals surface area contributed by atoms with Gasteiger partial charge in [-0.2, -0.15) is 0 Å². The molecule has 0 spiro atoms. The molecule has 0 unspecified atom stereocenters. The summed E-state index contributed by atoms with van der Waals surface area (Å²) in [7, 11) is 1.64. The molecule has 1 amide bonds. The third kappa shape index (κ3) is 3.97. The fourth-order valence-corrected chi connectivity index (χ4v) is 2.87. The Morgan fingerprint density at radius 2 is 2.10 bits per heavy atom. The van der Waals surface area contributed by atoms with Crippen LogP contribution in [0.4, 0.5) is 0 Å². The van der Waals surface area contributed by atoms with E-state index >= 15 is 0 Å². The predicted octanol–water partition coefficient (Wildman–Crippen LogP) is 2.47. The molecule has 0 aromatic heterocycles. The lowest BCUT2D eigenvalue weighted by molar-refractivity contribution is 0.0726. The van der Waals surface area contributed by atoms with Gasteiger partial charge in [-0.3, -0.25) is 4.79 Å². The third-order valence-corrected chi connectivity index (χ3v) is 4.26. The summed E-state index contributed by atoms with van der Waals surface area (Å²) in [6, 6.07) is 5.69. The van der Waals surface area contributed by atoms with E-state index in [2.05, 4.69) is 5.32 Å². The number of ether oxygens (including phenoxy) is 1. The van der Waals surface area contributed by atoms with Crippen molar-refractivity contribution >= 4 is 5.91 Å². The quantitative estimate of drug-likeness (QED) is 0.906. The first-order valence-electron chi connectivity index (χ1n) is 7.80. The Morgan fingerprint density at radius 1 is 1.38 bits per heavy atom. The highest BCUT2D eigenvalue weighted by atomic mass is 16.5. The van der Waals surface area contributed by atoms with Crippen molar-refractivity contribution < 1.29 is 9.53 Å². The Morgan fingerprint density at radius 3 is 2.71 bits per heavy atom. The number of nitrogens with zero attached hydrogens (tertiary/aromatic N) is 1. The maximum atomic E-state index is 12.7. The molecule has 1 aromatic rings. The monoisotopic (exact) mass is 290 g/mol. The molecule has 1 aliphatic rings. The number of nitrogens with one attached hydrogen (secondary N) is 1. The van der Waals surface area contributed by atoms with Gasteiger partial charge in [0.25, 0.3) is 5.91 Å². The molecule has 1 N–H and O–H groups in total. The summed E-state index contributed by atoms with van der Waals surface area (Å²) in [5, 5.41) is 3.37. The number of amides is 1. The molecule has 0 bridgehead atoms. The molecule has 1 fully saturated rings. The summed E-state index contributed by atoms with van der Waals surface area (Å²) in [6.45, 7) is 7.76. The lowest BCUT2D eigenvalue weighted by Gasteiger charge is -2.29. The van der Waals surface area contributed by atoms with Gasteiger partial charge in [0.05, 0.1) is 7.11 Å². The van der Waals surface area contributed by atoms with Gasteiger partial charge in [0.2, 0.25) is 0 Å². The number of carbonyl (C=O) groups is 1. The first-order valence-corrected chi connectivity index (χ1v) is 7.80. The van der Waals surface area contributed by atoms with Gasteiger partial charge in [0, 0.05) is 18.7 Å². The van der Waals surface area contributed by atoms with Crippen LogP contribution in [0.3, 0.4) is 0 Å². The van der Waals surface area contributed by atoms with Crippen molar-refractivity contribution in [2.75, 3.05) is 33.3 Å². The fourth-order valence-electron chi connectivity index (χ4n) is 2.87. The predicted molar refractivity (Wildman–Crippen MR) is 84.9 cm³/mol. The molecule has 2 rings (SSSR count). The molecular formula is C17H26N2O2. The second kappa shape index (κ2) is 7.46. The van der Waals surface area contributed by atoms with Crippen molar-refractivity contribution in [1.29, 1.82) is 0 Å². The summed E-state index contributed by atoms with van der Waals surface area (Å²) in [5.41, 5.74) is 1.77. The standard InChI is InChI=1S/C17H26N2O2/c1-4-19(12-14-7-9-18-10-8-14)17(20)15-6-5-13(2)16(11-15)21-3/h5-6,11,14,18H,4,7-10,12H2,1-3H3. The Labute approximate surface area is 127 Å². The molecular weight excluding hydrogens is 264 g/mol. The minimum Gasteiger partial charge on any atom is -0.496 e. The first-order chi connectivity index (χ1) is 10.2. The Balaban J connectivity index is 2.08. The lowest BCUT2D eigenvalue weighted by Crippen LogP contribution is -2.39. The van der Waals surface area contributed by atoms with Crippen molar-refractivity contribution in [3.05, 3.63) is 29.3 Å². The molecule has 0 atom stereocenters. The largest absolute Gasteiger partial charge is 0.496 e. The molecule has 1 saturated heterocycles. The number of hydrogen-bond donors (Lipinski definition) is 1. The summed E-state index contributed by atoms with van der Waals surface area (Å²) < 4.78 is 5.32. The number of methoxy groups -OCH3 is 1. The van der Waals surface area contributed by atoms with Gasteiger partial charge in [-0.05, 0) is 63.4 Å². The van der Waals surface area contributed by atoms with Crippen LogP contribution in [0.1, 0.15) is 35.7 Å². The van der Waals surface area contributed by atoms with Gasteiger partial charge in [-0.1, -0.05) is 6.07 Å². The van der Waals surface area contributed by atoms with Crippen molar-refractivity contribution in [3.63, 3.8) is 0 Å². The molecule has 1 aliphatic heterocycles. The molecule has 4 nitrogen and oxygen atoms in total. The van der Waals surface area contributed by atoms with Gasteiger partial charge in [-0.15, -0.1) is 0 Å². The molecule has 1 heterocycles. The summed E-state index contributed by atoms with van der Waals surface area (Å²) in [6.07, 6.45) is 2.31. The normalized spacial score (nSPS) is 15.8. The van der Waals surface area contributed by atoms with Crippen LogP contribution in [-0.2, 0) is 0 Å². The van der Waals surface area contributed by atoms with Crippen molar-refractivity contribution in [3.8, 4) is 5.75 Å². The van der Waals surface area contributed by atoms with Gasteiger partial charge in [-0.25, -0.2) is 0 Å². The van der Waals surface area contributed by atoms with Gasteiger partial charge in [0.1, 0.15) is 5.75 Å². The average Bonchev–Trinajstić information content (AvgIpc) is 2.53. The minimum atomic E-state index is 0.106. The highest BCUT2D eigenvalue weighted by Gasteiger charge is 2.21. The zero-order valence-electron chi connectivity index (χ0n) is 13.3. The number of benzene rings is 1. The van der Waals surface area contributed by atoms with Crippen LogP contribution in [0.2, 0.25) is 0 Å². The van der Waals surface area contributed by atoms with E-state index in [0.717, 1.165) is 50.3 Å². The van der Waals surface area contributed by atoms with Crippen LogP contribution in [-0.4, -0.2) is 44.1 Å². The van der Waals surface area contributed by atoms with Crippen LogP contribution in [0.15, 0.2) is 18.2 Å². The van der Waals surface area contributed by atoms with Gasteiger partial charge >= 0.3 is 0 Å². The maximum absolute atomic E-state index is 12.7. The van der Waals surface area contributed by atoms with Crippen molar-refractivity contribution in [2.45, 2.75) is 26.7 Å². The molecule has 116 valence electrons. The van der Waals surface area contributed by atoms with Crippen LogP contribution >= 0.6 is 0 Å². The van der Waals surface area contributed by atoms with E-state index in [0.29, 0.717) is 11.5 Å². The second-order valence-electron chi connectivity index (χ2n) is 5.72. The minimum absolute atomic E-state index is 0.106.